The van der Waals surface area contributed by atoms with Gasteiger partial charge in [0.2, 0.25) is 0 Å². The Morgan fingerprint density at radius 2 is 1.88 bits per heavy atom. The van der Waals surface area contributed by atoms with Gasteiger partial charge in [0.25, 0.3) is 0 Å². The SMILES string of the molecule is CCCN(CC(F)(F)F)C(C(=O)O)C(C)C. The van der Waals surface area contributed by atoms with E-state index in [0.29, 0.717) is 6.42 Å². The van der Waals surface area contributed by atoms with Crippen LogP contribution in [0.2, 0.25) is 0 Å². The van der Waals surface area contributed by atoms with E-state index >= 15 is 0 Å². The minimum Gasteiger partial charge on any atom is -0.480 e. The quantitative estimate of drug-likeness (QED) is 0.776. The first-order valence-electron chi connectivity index (χ1n) is 5.22. The minimum absolute atomic E-state index is 0.134. The molecule has 1 unspecified atom stereocenters. The molecule has 0 fully saturated rings. The molecular weight excluding hydrogens is 223 g/mol. The summed E-state index contributed by atoms with van der Waals surface area (Å²) >= 11 is 0. The molecule has 0 aliphatic rings. The average molecular weight is 241 g/mol. The molecule has 1 atom stereocenters. The second kappa shape index (κ2) is 6.08. The number of nitrogens with zero attached hydrogens (tertiary/aromatic N) is 1. The topological polar surface area (TPSA) is 40.5 Å². The molecule has 0 heterocycles. The number of carboxylic acids is 1. The van der Waals surface area contributed by atoms with Gasteiger partial charge in [0, 0.05) is 0 Å². The third kappa shape index (κ3) is 5.34. The summed E-state index contributed by atoms with van der Waals surface area (Å²) in [4.78, 5) is 11.9. The Balaban J connectivity index is 4.78. The molecule has 0 aromatic heterocycles. The Morgan fingerprint density at radius 3 is 2.12 bits per heavy atom. The van der Waals surface area contributed by atoms with Gasteiger partial charge in [-0.05, 0) is 18.9 Å². The maximum Gasteiger partial charge on any atom is 0.401 e. The summed E-state index contributed by atoms with van der Waals surface area (Å²) in [7, 11) is 0. The molecule has 0 aromatic carbocycles. The highest BCUT2D eigenvalue weighted by Crippen LogP contribution is 2.21. The van der Waals surface area contributed by atoms with Crippen molar-refractivity contribution in [3.8, 4) is 0 Å². The number of aliphatic carboxylic acids is 1. The van der Waals surface area contributed by atoms with Crippen LogP contribution in [0.4, 0.5) is 13.2 Å². The van der Waals surface area contributed by atoms with E-state index in [4.69, 9.17) is 5.11 Å². The lowest BCUT2D eigenvalue weighted by Crippen LogP contribution is -2.49. The molecule has 0 saturated carbocycles. The van der Waals surface area contributed by atoms with Gasteiger partial charge in [0.15, 0.2) is 0 Å². The van der Waals surface area contributed by atoms with E-state index in [1.807, 2.05) is 0 Å². The Kier molecular flexibility index (Phi) is 5.78. The van der Waals surface area contributed by atoms with Crippen molar-refractivity contribution in [2.24, 2.45) is 5.92 Å². The summed E-state index contributed by atoms with van der Waals surface area (Å²) in [6.07, 6.45) is -3.87. The van der Waals surface area contributed by atoms with Crippen molar-refractivity contribution < 1.29 is 23.1 Å². The van der Waals surface area contributed by atoms with Crippen molar-refractivity contribution >= 4 is 5.97 Å². The van der Waals surface area contributed by atoms with Crippen LogP contribution in [0.5, 0.6) is 0 Å². The number of carbonyl (C=O) groups is 1. The van der Waals surface area contributed by atoms with Crippen molar-refractivity contribution in [1.82, 2.24) is 4.90 Å². The van der Waals surface area contributed by atoms with Crippen LogP contribution in [0.15, 0.2) is 0 Å². The number of hydrogen-bond donors (Lipinski definition) is 1. The predicted octanol–water partition coefficient (Wildman–Crippen LogP) is 2.37. The highest BCUT2D eigenvalue weighted by atomic mass is 19.4. The van der Waals surface area contributed by atoms with Crippen LogP contribution in [0.25, 0.3) is 0 Å². The van der Waals surface area contributed by atoms with E-state index in [-0.39, 0.29) is 12.5 Å². The Labute approximate surface area is 93.2 Å². The molecule has 3 nitrogen and oxygen atoms in total. The van der Waals surface area contributed by atoms with Crippen LogP contribution < -0.4 is 0 Å². The first-order valence-corrected chi connectivity index (χ1v) is 5.22. The largest absolute Gasteiger partial charge is 0.480 e. The lowest BCUT2D eigenvalue weighted by molar-refractivity contribution is -0.164. The zero-order valence-corrected chi connectivity index (χ0v) is 9.71. The maximum atomic E-state index is 12.3. The molecule has 0 aliphatic heterocycles. The normalized spacial score (nSPS) is 14.5. The highest BCUT2D eigenvalue weighted by molar-refractivity contribution is 5.73. The third-order valence-corrected chi connectivity index (χ3v) is 2.17. The van der Waals surface area contributed by atoms with Gasteiger partial charge in [0.05, 0.1) is 6.54 Å². The molecule has 0 radical (unpaired) electrons. The molecule has 0 amide bonds. The van der Waals surface area contributed by atoms with Gasteiger partial charge in [-0.1, -0.05) is 20.8 Å². The van der Waals surface area contributed by atoms with Crippen LogP contribution >= 0.6 is 0 Å². The Bertz CT molecular complexity index is 229. The number of alkyl halides is 3. The zero-order valence-electron chi connectivity index (χ0n) is 9.71. The number of halogens is 3. The molecule has 0 saturated heterocycles. The van der Waals surface area contributed by atoms with Crippen LogP contribution in [0.3, 0.4) is 0 Å². The zero-order chi connectivity index (χ0) is 12.9. The van der Waals surface area contributed by atoms with Crippen molar-refractivity contribution in [2.45, 2.75) is 39.4 Å². The van der Waals surface area contributed by atoms with E-state index in [0.717, 1.165) is 4.90 Å². The van der Waals surface area contributed by atoms with Crippen LogP contribution in [-0.4, -0.2) is 41.3 Å². The standard InChI is InChI=1S/C10H18F3NO2/c1-4-5-14(6-10(11,12)13)8(7(2)3)9(15)16/h7-8H,4-6H2,1-3H3,(H,15,16). The summed E-state index contributed by atoms with van der Waals surface area (Å²) in [5.41, 5.74) is 0. The summed E-state index contributed by atoms with van der Waals surface area (Å²) in [6.45, 7) is 3.91. The average Bonchev–Trinajstić information content (AvgIpc) is 1.99. The molecule has 6 heteroatoms. The summed E-state index contributed by atoms with van der Waals surface area (Å²) in [5.74, 6) is -1.56. The van der Waals surface area contributed by atoms with E-state index in [2.05, 4.69) is 0 Å². The lowest BCUT2D eigenvalue weighted by Gasteiger charge is -2.31. The van der Waals surface area contributed by atoms with Crippen molar-refractivity contribution in [3.63, 3.8) is 0 Å². The summed E-state index contributed by atoms with van der Waals surface area (Å²) < 4.78 is 36.8. The molecule has 1 N–H and O–H groups in total. The first-order chi connectivity index (χ1) is 7.19. The van der Waals surface area contributed by atoms with Crippen molar-refractivity contribution in [3.05, 3.63) is 0 Å². The molecule has 0 spiro atoms. The second-order valence-corrected chi connectivity index (χ2v) is 4.11. The van der Waals surface area contributed by atoms with Gasteiger partial charge in [-0.25, -0.2) is 0 Å². The first kappa shape index (κ1) is 15.2. The van der Waals surface area contributed by atoms with Gasteiger partial charge in [-0.2, -0.15) is 13.2 Å². The van der Waals surface area contributed by atoms with E-state index in [9.17, 15) is 18.0 Å². The minimum atomic E-state index is -4.36. The molecule has 16 heavy (non-hydrogen) atoms. The van der Waals surface area contributed by atoms with E-state index in [1.54, 1.807) is 20.8 Å². The molecule has 0 rings (SSSR count). The van der Waals surface area contributed by atoms with Gasteiger partial charge in [0.1, 0.15) is 6.04 Å². The molecule has 0 aliphatic carbocycles. The number of rotatable bonds is 6. The van der Waals surface area contributed by atoms with Crippen molar-refractivity contribution in [1.29, 1.82) is 0 Å². The van der Waals surface area contributed by atoms with Crippen LogP contribution in [0.1, 0.15) is 27.2 Å². The van der Waals surface area contributed by atoms with Gasteiger partial charge in [-0.3, -0.25) is 9.69 Å². The van der Waals surface area contributed by atoms with Gasteiger partial charge < -0.3 is 5.11 Å². The summed E-state index contributed by atoms with van der Waals surface area (Å²) in [5, 5.41) is 8.93. The van der Waals surface area contributed by atoms with Crippen molar-refractivity contribution in [2.75, 3.05) is 13.1 Å². The Morgan fingerprint density at radius 1 is 1.38 bits per heavy atom. The number of hydrogen-bond acceptors (Lipinski definition) is 2. The second-order valence-electron chi connectivity index (χ2n) is 4.11. The summed E-state index contributed by atoms with van der Waals surface area (Å²) in [6, 6.07) is -1.08. The third-order valence-electron chi connectivity index (χ3n) is 2.17. The Hall–Kier alpha value is -0.780. The smallest absolute Gasteiger partial charge is 0.401 e. The van der Waals surface area contributed by atoms with Crippen LogP contribution in [-0.2, 0) is 4.79 Å². The molecule has 0 aromatic rings. The maximum absolute atomic E-state index is 12.3. The molecule has 96 valence electrons. The molecular formula is C10H18F3NO2. The van der Waals surface area contributed by atoms with E-state index < -0.39 is 24.7 Å². The van der Waals surface area contributed by atoms with Gasteiger partial charge in [-0.15, -0.1) is 0 Å². The van der Waals surface area contributed by atoms with Gasteiger partial charge >= 0.3 is 12.1 Å². The highest BCUT2D eigenvalue weighted by Gasteiger charge is 2.37. The van der Waals surface area contributed by atoms with Crippen LogP contribution in [0, 0.1) is 5.92 Å². The molecule has 0 bridgehead atoms. The fraction of sp³-hybridized carbons (Fsp3) is 0.900. The number of carboxylic acid groups (broad SMARTS) is 1. The van der Waals surface area contributed by atoms with E-state index in [1.165, 1.54) is 0 Å². The fourth-order valence-electron chi connectivity index (χ4n) is 1.70. The lowest BCUT2D eigenvalue weighted by atomic mass is 10.0. The predicted molar refractivity (Wildman–Crippen MR) is 54.2 cm³/mol. The monoisotopic (exact) mass is 241 g/mol. The fourth-order valence-corrected chi connectivity index (χ4v) is 1.70.